The van der Waals surface area contributed by atoms with Crippen molar-refractivity contribution in [3.63, 3.8) is 0 Å². The number of hydrogen-bond acceptors (Lipinski definition) is 6. The van der Waals surface area contributed by atoms with Crippen LogP contribution < -0.4 is 4.74 Å². The fourth-order valence-corrected chi connectivity index (χ4v) is 1.75. The zero-order valence-corrected chi connectivity index (χ0v) is 10.6. The molecule has 0 fully saturated rings. The number of aromatic nitrogens is 3. The third-order valence-electron chi connectivity index (χ3n) is 2.76. The minimum Gasteiger partial charge on any atom is -0.507 e. The van der Waals surface area contributed by atoms with E-state index in [2.05, 4.69) is 15.1 Å². The first kappa shape index (κ1) is 12.2. The summed E-state index contributed by atoms with van der Waals surface area (Å²) >= 11 is 0. The summed E-state index contributed by atoms with van der Waals surface area (Å²) in [6, 6.07) is 10.3. The standard InChI is InChI=1S/C14H11N3O3/c1-19-9-5-6-10(12(18)8-9)14-16-13(17-20-14)11-4-2-3-7-15-11/h2-8,18H,1H3. The average molecular weight is 269 g/mol. The van der Waals surface area contributed by atoms with Crippen LogP contribution in [0.25, 0.3) is 23.0 Å². The number of aromatic hydroxyl groups is 1. The molecule has 0 aliphatic carbocycles. The Labute approximate surface area is 114 Å². The van der Waals surface area contributed by atoms with Gasteiger partial charge in [-0.25, -0.2) is 0 Å². The Morgan fingerprint density at radius 1 is 1.20 bits per heavy atom. The van der Waals surface area contributed by atoms with Crippen molar-refractivity contribution in [1.29, 1.82) is 0 Å². The van der Waals surface area contributed by atoms with Gasteiger partial charge in [0.25, 0.3) is 5.89 Å². The van der Waals surface area contributed by atoms with Gasteiger partial charge >= 0.3 is 0 Å². The zero-order chi connectivity index (χ0) is 13.9. The molecule has 0 saturated heterocycles. The van der Waals surface area contributed by atoms with Crippen molar-refractivity contribution in [3.8, 4) is 34.5 Å². The Morgan fingerprint density at radius 2 is 2.10 bits per heavy atom. The molecule has 100 valence electrons. The highest BCUT2D eigenvalue weighted by atomic mass is 16.5. The first-order chi connectivity index (χ1) is 9.78. The third kappa shape index (κ3) is 2.18. The van der Waals surface area contributed by atoms with Crippen LogP contribution in [0.4, 0.5) is 0 Å². The number of nitrogens with zero attached hydrogens (tertiary/aromatic N) is 3. The van der Waals surface area contributed by atoms with Gasteiger partial charge in [0.1, 0.15) is 17.2 Å². The van der Waals surface area contributed by atoms with E-state index in [1.165, 1.54) is 13.2 Å². The SMILES string of the molecule is COc1ccc(-c2nc(-c3ccccn3)no2)c(O)c1. The van der Waals surface area contributed by atoms with Gasteiger partial charge < -0.3 is 14.4 Å². The molecular weight excluding hydrogens is 258 g/mol. The largest absolute Gasteiger partial charge is 0.507 e. The topological polar surface area (TPSA) is 81.3 Å². The molecule has 0 aliphatic rings. The summed E-state index contributed by atoms with van der Waals surface area (Å²) in [7, 11) is 1.53. The van der Waals surface area contributed by atoms with Crippen LogP contribution in [-0.2, 0) is 0 Å². The maximum atomic E-state index is 9.93. The zero-order valence-electron chi connectivity index (χ0n) is 10.6. The molecule has 0 bridgehead atoms. The lowest BCUT2D eigenvalue weighted by Crippen LogP contribution is -1.86. The van der Waals surface area contributed by atoms with Gasteiger partial charge in [-0.15, -0.1) is 0 Å². The van der Waals surface area contributed by atoms with E-state index in [0.29, 0.717) is 22.8 Å². The quantitative estimate of drug-likeness (QED) is 0.786. The van der Waals surface area contributed by atoms with Crippen LogP contribution in [0.2, 0.25) is 0 Å². The van der Waals surface area contributed by atoms with E-state index >= 15 is 0 Å². The van der Waals surface area contributed by atoms with Gasteiger partial charge in [-0.1, -0.05) is 11.2 Å². The monoisotopic (exact) mass is 269 g/mol. The fraction of sp³-hybridized carbons (Fsp3) is 0.0714. The van der Waals surface area contributed by atoms with E-state index in [9.17, 15) is 5.11 Å². The Hall–Kier alpha value is -2.89. The lowest BCUT2D eigenvalue weighted by molar-refractivity contribution is 0.405. The molecule has 2 heterocycles. The van der Waals surface area contributed by atoms with Crippen LogP contribution in [0.3, 0.4) is 0 Å². The molecule has 0 atom stereocenters. The van der Waals surface area contributed by atoms with Gasteiger partial charge in [0.05, 0.1) is 12.7 Å². The molecule has 1 aromatic carbocycles. The predicted octanol–water partition coefficient (Wildman–Crippen LogP) is 2.51. The van der Waals surface area contributed by atoms with Crippen LogP contribution in [0, 0.1) is 0 Å². The highest BCUT2D eigenvalue weighted by Crippen LogP contribution is 2.32. The summed E-state index contributed by atoms with van der Waals surface area (Å²) in [6.07, 6.45) is 1.65. The smallest absolute Gasteiger partial charge is 0.262 e. The van der Waals surface area contributed by atoms with E-state index < -0.39 is 0 Å². The highest BCUT2D eigenvalue weighted by Gasteiger charge is 2.15. The molecule has 3 aromatic rings. The van der Waals surface area contributed by atoms with Crippen molar-refractivity contribution in [2.75, 3.05) is 7.11 Å². The molecule has 0 radical (unpaired) electrons. The Bertz CT molecular complexity index is 726. The Kier molecular flexibility index (Phi) is 3.04. The fourth-order valence-electron chi connectivity index (χ4n) is 1.75. The average Bonchev–Trinajstić information content (AvgIpc) is 2.97. The maximum absolute atomic E-state index is 9.93. The number of methoxy groups -OCH3 is 1. The van der Waals surface area contributed by atoms with E-state index in [-0.39, 0.29) is 11.6 Å². The molecule has 0 amide bonds. The number of phenolic OH excluding ortho intramolecular Hbond substituents is 1. The van der Waals surface area contributed by atoms with Crippen molar-refractivity contribution in [3.05, 3.63) is 42.6 Å². The third-order valence-corrected chi connectivity index (χ3v) is 2.76. The molecule has 6 heteroatoms. The first-order valence-corrected chi connectivity index (χ1v) is 5.90. The molecule has 0 spiro atoms. The molecular formula is C14H11N3O3. The second-order valence-corrected chi connectivity index (χ2v) is 4.02. The summed E-state index contributed by atoms with van der Waals surface area (Å²) in [5.74, 6) is 1.16. The molecule has 1 N–H and O–H groups in total. The lowest BCUT2D eigenvalue weighted by Gasteiger charge is -2.02. The van der Waals surface area contributed by atoms with Crippen molar-refractivity contribution in [1.82, 2.24) is 15.1 Å². The van der Waals surface area contributed by atoms with Crippen molar-refractivity contribution >= 4 is 0 Å². The number of rotatable bonds is 3. The van der Waals surface area contributed by atoms with E-state index in [4.69, 9.17) is 9.26 Å². The molecule has 2 aromatic heterocycles. The summed E-state index contributed by atoms with van der Waals surface area (Å²) in [5, 5.41) is 13.8. The van der Waals surface area contributed by atoms with Crippen molar-refractivity contribution in [2.45, 2.75) is 0 Å². The van der Waals surface area contributed by atoms with E-state index in [1.54, 1.807) is 30.5 Å². The molecule has 0 saturated carbocycles. The van der Waals surface area contributed by atoms with Gasteiger partial charge in [0.2, 0.25) is 5.82 Å². The van der Waals surface area contributed by atoms with Gasteiger partial charge in [0, 0.05) is 12.3 Å². The van der Waals surface area contributed by atoms with Gasteiger partial charge in [-0.2, -0.15) is 4.98 Å². The molecule has 6 nitrogen and oxygen atoms in total. The number of phenols is 1. The predicted molar refractivity (Wildman–Crippen MR) is 71.2 cm³/mol. The number of benzene rings is 1. The molecule has 0 unspecified atom stereocenters. The van der Waals surface area contributed by atoms with E-state index in [0.717, 1.165) is 0 Å². The minimum absolute atomic E-state index is 0.0144. The van der Waals surface area contributed by atoms with Crippen LogP contribution >= 0.6 is 0 Å². The highest BCUT2D eigenvalue weighted by molar-refractivity contribution is 5.65. The van der Waals surface area contributed by atoms with Gasteiger partial charge in [-0.3, -0.25) is 4.98 Å². The lowest BCUT2D eigenvalue weighted by atomic mass is 10.2. The second kappa shape index (κ2) is 5.00. The van der Waals surface area contributed by atoms with Crippen LogP contribution in [-0.4, -0.2) is 27.3 Å². The summed E-state index contributed by atoms with van der Waals surface area (Å²) in [5.41, 5.74) is 1.05. The minimum atomic E-state index is 0.0144. The van der Waals surface area contributed by atoms with Crippen LogP contribution in [0.5, 0.6) is 11.5 Å². The molecule has 3 rings (SSSR count). The van der Waals surface area contributed by atoms with Crippen molar-refractivity contribution < 1.29 is 14.4 Å². The number of hydrogen-bond donors (Lipinski definition) is 1. The number of ether oxygens (including phenoxy) is 1. The maximum Gasteiger partial charge on any atom is 0.262 e. The summed E-state index contributed by atoms with van der Waals surface area (Å²) in [6.45, 7) is 0. The normalized spacial score (nSPS) is 10.4. The number of pyridine rings is 1. The van der Waals surface area contributed by atoms with Crippen LogP contribution in [0.15, 0.2) is 47.1 Å². The van der Waals surface area contributed by atoms with Crippen LogP contribution in [0.1, 0.15) is 0 Å². The van der Waals surface area contributed by atoms with E-state index in [1.807, 2.05) is 6.07 Å². The van der Waals surface area contributed by atoms with Crippen molar-refractivity contribution in [2.24, 2.45) is 0 Å². The molecule has 0 aliphatic heterocycles. The van der Waals surface area contributed by atoms with Gasteiger partial charge in [0.15, 0.2) is 0 Å². The molecule has 20 heavy (non-hydrogen) atoms. The Morgan fingerprint density at radius 3 is 2.80 bits per heavy atom. The summed E-state index contributed by atoms with van der Waals surface area (Å²) < 4.78 is 10.2. The first-order valence-electron chi connectivity index (χ1n) is 5.90. The summed E-state index contributed by atoms with van der Waals surface area (Å²) in [4.78, 5) is 8.36. The Balaban J connectivity index is 1.98. The second-order valence-electron chi connectivity index (χ2n) is 4.02. The van der Waals surface area contributed by atoms with Gasteiger partial charge in [-0.05, 0) is 24.3 Å².